The quantitative estimate of drug-likeness (QED) is 0.619. The average molecular weight is 217 g/mol. The Kier molecular flexibility index (Phi) is 7.34. The summed E-state index contributed by atoms with van der Waals surface area (Å²) in [6, 6.07) is 0. The Bertz CT molecular complexity index is 183. The average Bonchev–Trinajstić information content (AvgIpc) is 2.17. The first-order chi connectivity index (χ1) is 6.99. The monoisotopic (exact) mass is 217 g/mol. The van der Waals surface area contributed by atoms with Crippen molar-refractivity contribution in [1.29, 1.82) is 0 Å². The van der Waals surface area contributed by atoms with Gasteiger partial charge in [0.1, 0.15) is 0 Å². The van der Waals surface area contributed by atoms with Crippen molar-refractivity contribution in [3.8, 4) is 0 Å². The van der Waals surface area contributed by atoms with Crippen LogP contribution in [-0.4, -0.2) is 36.9 Å². The van der Waals surface area contributed by atoms with Crippen LogP contribution in [0.2, 0.25) is 0 Å². The number of aliphatic hydroxyl groups excluding tert-OH is 1. The van der Waals surface area contributed by atoms with Crippen LogP contribution in [0.1, 0.15) is 27.7 Å². The van der Waals surface area contributed by atoms with Gasteiger partial charge >= 0.3 is 5.97 Å². The number of carbonyl (C=O) groups excluding carboxylic acids is 1. The summed E-state index contributed by atoms with van der Waals surface area (Å²) >= 11 is 0. The van der Waals surface area contributed by atoms with Gasteiger partial charge in [-0.1, -0.05) is 20.8 Å². The fourth-order valence-corrected chi connectivity index (χ4v) is 1.05. The van der Waals surface area contributed by atoms with E-state index in [9.17, 15) is 9.90 Å². The zero-order chi connectivity index (χ0) is 11.8. The lowest BCUT2D eigenvalue weighted by molar-refractivity contribution is -0.147. The number of esters is 1. The normalized spacial score (nSPS) is 15.1. The van der Waals surface area contributed by atoms with E-state index in [0.29, 0.717) is 19.7 Å². The van der Waals surface area contributed by atoms with Gasteiger partial charge in [0.25, 0.3) is 0 Å². The van der Waals surface area contributed by atoms with Crippen LogP contribution >= 0.6 is 0 Å². The SMILES string of the molecule is CCOC(=O)C(C)CNCC(O)C(C)C. The lowest BCUT2D eigenvalue weighted by Gasteiger charge is -2.16. The van der Waals surface area contributed by atoms with Crippen LogP contribution in [-0.2, 0) is 9.53 Å². The smallest absolute Gasteiger partial charge is 0.309 e. The minimum atomic E-state index is -0.362. The molecule has 0 radical (unpaired) electrons. The summed E-state index contributed by atoms with van der Waals surface area (Å²) in [5.74, 6) is -0.122. The number of ether oxygens (including phenoxy) is 1. The van der Waals surface area contributed by atoms with Gasteiger partial charge in [-0.05, 0) is 12.8 Å². The summed E-state index contributed by atoms with van der Waals surface area (Å²) in [4.78, 5) is 11.2. The van der Waals surface area contributed by atoms with E-state index in [-0.39, 0.29) is 23.9 Å². The Morgan fingerprint density at radius 3 is 2.40 bits per heavy atom. The first kappa shape index (κ1) is 14.4. The number of hydrogen-bond acceptors (Lipinski definition) is 4. The van der Waals surface area contributed by atoms with E-state index in [2.05, 4.69) is 5.32 Å². The summed E-state index contributed by atoms with van der Waals surface area (Å²) in [5, 5.41) is 12.6. The Balaban J connectivity index is 3.63. The molecule has 2 atom stereocenters. The number of aliphatic hydroxyl groups is 1. The molecule has 0 aromatic rings. The van der Waals surface area contributed by atoms with Gasteiger partial charge in [-0.25, -0.2) is 0 Å². The lowest BCUT2D eigenvalue weighted by atomic mass is 10.1. The molecule has 0 heterocycles. The second kappa shape index (κ2) is 7.65. The first-order valence-electron chi connectivity index (χ1n) is 5.54. The largest absolute Gasteiger partial charge is 0.466 e. The van der Waals surface area contributed by atoms with Crippen molar-refractivity contribution < 1.29 is 14.6 Å². The summed E-state index contributed by atoms with van der Waals surface area (Å²) in [6.07, 6.45) is -0.362. The van der Waals surface area contributed by atoms with Crippen molar-refractivity contribution in [1.82, 2.24) is 5.32 Å². The number of carbonyl (C=O) groups is 1. The van der Waals surface area contributed by atoms with Crippen LogP contribution in [0.4, 0.5) is 0 Å². The maximum absolute atomic E-state index is 11.2. The molecule has 4 heteroatoms. The van der Waals surface area contributed by atoms with Crippen LogP contribution in [0.25, 0.3) is 0 Å². The van der Waals surface area contributed by atoms with Crippen molar-refractivity contribution in [3.63, 3.8) is 0 Å². The number of rotatable bonds is 7. The van der Waals surface area contributed by atoms with Gasteiger partial charge in [-0.3, -0.25) is 4.79 Å². The summed E-state index contributed by atoms with van der Waals surface area (Å²) in [5.41, 5.74) is 0. The van der Waals surface area contributed by atoms with Gasteiger partial charge in [0.2, 0.25) is 0 Å². The summed E-state index contributed by atoms with van der Waals surface area (Å²) in [7, 11) is 0. The molecule has 0 spiro atoms. The molecule has 0 saturated carbocycles. The highest BCUT2D eigenvalue weighted by Crippen LogP contribution is 2.00. The molecule has 0 aliphatic rings. The summed E-state index contributed by atoms with van der Waals surface area (Å²) in [6.45, 7) is 9.00. The van der Waals surface area contributed by atoms with Crippen LogP contribution in [0.5, 0.6) is 0 Å². The number of nitrogens with one attached hydrogen (secondary N) is 1. The van der Waals surface area contributed by atoms with E-state index in [4.69, 9.17) is 4.74 Å². The predicted octanol–water partition coefficient (Wildman–Crippen LogP) is 0.792. The van der Waals surface area contributed by atoms with Crippen molar-refractivity contribution in [2.24, 2.45) is 11.8 Å². The van der Waals surface area contributed by atoms with Gasteiger partial charge in [0.05, 0.1) is 18.6 Å². The predicted molar refractivity (Wildman–Crippen MR) is 59.5 cm³/mol. The summed E-state index contributed by atoms with van der Waals surface area (Å²) < 4.78 is 4.87. The third-order valence-corrected chi connectivity index (χ3v) is 2.26. The standard InChI is InChI=1S/C11H23NO3/c1-5-15-11(14)9(4)6-12-7-10(13)8(2)3/h8-10,12-13H,5-7H2,1-4H3. The lowest BCUT2D eigenvalue weighted by Crippen LogP contribution is -2.35. The van der Waals surface area contributed by atoms with E-state index in [1.165, 1.54) is 0 Å². The Labute approximate surface area is 92.0 Å². The Morgan fingerprint density at radius 1 is 1.33 bits per heavy atom. The second-order valence-electron chi connectivity index (χ2n) is 4.12. The van der Waals surface area contributed by atoms with Gasteiger partial charge in [-0.15, -0.1) is 0 Å². The molecule has 0 aliphatic carbocycles. The van der Waals surface area contributed by atoms with Crippen LogP contribution in [0, 0.1) is 11.8 Å². The zero-order valence-corrected chi connectivity index (χ0v) is 10.1. The van der Waals surface area contributed by atoms with Gasteiger partial charge in [0, 0.05) is 13.1 Å². The first-order valence-corrected chi connectivity index (χ1v) is 5.54. The van der Waals surface area contributed by atoms with Gasteiger partial charge in [-0.2, -0.15) is 0 Å². The molecule has 0 aromatic carbocycles. The third kappa shape index (κ3) is 6.47. The van der Waals surface area contributed by atoms with Crippen LogP contribution in [0.15, 0.2) is 0 Å². The van der Waals surface area contributed by atoms with Crippen molar-refractivity contribution in [2.75, 3.05) is 19.7 Å². The van der Waals surface area contributed by atoms with E-state index in [1.807, 2.05) is 20.8 Å². The topological polar surface area (TPSA) is 58.6 Å². The van der Waals surface area contributed by atoms with E-state index >= 15 is 0 Å². The fourth-order valence-electron chi connectivity index (χ4n) is 1.05. The molecule has 2 N–H and O–H groups in total. The Hall–Kier alpha value is -0.610. The molecule has 0 fully saturated rings. The second-order valence-corrected chi connectivity index (χ2v) is 4.12. The maximum Gasteiger partial charge on any atom is 0.309 e. The minimum absolute atomic E-state index is 0.163. The van der Waals surface area contributed by atoms with E-state index in [1.54, 1.807) is 6.92 Å². The molecule has 0 aromatic heterocycles. The highest BCUT2D eigenvalue weighted by molar-refractivity contribution is 5.72. The maximum atomic E-state index is 11.2. The Morgan fingerprint density at radius 2 is 1.93 bits per heavy atom. The fraction of sp³-hybridized carbons (Fsp3) is 0.909. The van der Waals surface area contributed by atoms with Gasteiger partial charge in [0.15, 0.2) is 0 Å². The van der Waals surface area contributed by atoms with Crippen molar-refractivity contribution in [2.45, 2.75) is 33.8 Å². The van der Waals surface area contributed by atoms with E-state index in [0.717, 1.165) is 0 Å². The third-order valence-electron chi connectivity index (χ3n) is 2.26. The number of hydrogen-bond donors (Lipinski definition) is 2. The van der Waals surface area contributed by atoms with Crippen molar-refractivity contribution in [3.05, 3.63) is 0 Å². The highest BCUT2D eigenvalue weighted by Gasteiger charge is 2.14. The molecular formula is C11H23NO3. The molecule has 2 unspecified atom stereocenters. The molecule has 0 aliphatic heterocycles. The molecule has 0 bridgehead atoms. The molecule has 90 valence electrons. The van der Waals surface area contributed by atoms with Crippen LogP contribution < -0.4 is 5.32 Å². The highest BCUT2D eigenvalue weighted by atomic mass is 16.5. The molecule has 4 nitrogen and oxygen atoms in total. The molecular weight excluding hydrogens is 194 g/mol. The molecule has 0 saturated heterocycles. The van der Waals surface area contributed by atoms with Gasteiger partial charge < -0.3 is 15.2 Å². The van der Waals surface area contributed by atoms with Crippen LogP contribution in [0.3, 0.4) is 0 Å². The molecule has 0 amide bonds. The zero-order valence-electron chi connectivity index (χ0n) is 10.1. The minimum Gasteiger partial charge on any atom is -0.466 e. The van der Waals surface area contributed by atoms with Crippen molar-refractivity contribution >= 4 is 5.97 Å². The van der Waals surface area contributed by atoms with E-state index < -0.39 is 0 Å². The molecule has 0 rings (SSSR count). The molecule has 15 heavy (non-hydrogen) atoms.